The standard InChI is InChI=1S/C36H32Cl2N8O4/c1-19-41-45-15-21(13-29(45)35(49)43(19)17-23-9-11-31(47)39-23)25-5-3-7-27(33(25)37)28-8-4-6-26(34(28)38)22-14-30-36(50)44(20(2)42-46(30)16-22)18-24-10-12-32(48)40-24/h3-8,13-16,23-24H,9-12,17-18H2,1-2H3,(H,39,47)(H,40,48). The van der Waals surface area contributed by atoms with E-state index in [2.05, 4.69) is 20.8 Å². The Labute approximate surface area is 295 Å². The summed E-state index contributed by atoms with van der Waals surface area (Å²) in [6, 6.07) is 14.6. The largest absolute Gasteiger partial charge is 0.352 e. The van der Waals surface area contributed by atoms with Crippen LogP contribution in [-0.4, -0.2) is 52.3 Å². The molecule has 0 radical (unpaired) electrons. The lowest BCUT2D eigenvalue weighted by Crippen LogP contribution is -2.36. The first-order chi connectivity index (χ1) is 24.0. The van der Waals surface area contributed by atoms with Crippen molar-refractivity contribution in [2.45, 2.75) is 64.7 Å². The Kier molecular flexibility index (Phi) is 7.87. The van der Waals surface area contributed by atoms with Crippen molar-refractivity contribution >= 4 is 46.0 Å². The van der Waals surface area contributed by atoms with Crippen LogP contribution in [0.1, 0.15) is 37.3 Å². The van der Waals surface area contributed by atoms with E-state index in [1.165, 1.54) is 0 Å². The lowest BCUT2D eigenvalue weighted by Gasteiger charge is -2.14. The van der Waals surface area contributed by atoms with Gasteiger partial charge in [0.25, 0.3) is 11.1 Å². The van der Waals surface area contributed by atoms with Gasteiger partial charge in [-0.2, -0.15) is 10.2 Å². The molecule has 6 heterocycles. The molecule has 2 unspecified atom stereocenters. The molecule has 0 spiro atoms. The minimum atomic E-state index is -0.199. The number of amides is 2. The molecule has 50 heavy (non-hydrogen) atoms. The molecule has 2 aliphatic rings. The maximum Gasteiger partial charge on any atom is 0.277 e. The zero-order chi connectivity index (χ0) is 34.8. The minimum Gasteiger partial charge on any atom is -0.352 e. The Balaban J connectivity index is 1.14. The fraction of sp³-hybridized carbons (Fsp3) is 0.278. The topological polar surface area (TPSA) is 137 Å². The van der Waals surface area contributed by atoms with E-state index in [-0.39, 0.29) is 35.0 Å². The fourth-order valence-corrected chi connectivity index (χ4v) is 7.77. The van der Waals surface area contributed by atoms with Crippen molar-refractivity contribution < 1.29 is 9.59 Å². The van der Waals surface area contributed by atoms with Crippen LogP contribution < -0.4 is 21.8 Å². The first-order valence-electron chi connectivity index (χ1n) is 16.4. The monoisotopic (exact) mass is 710 g/mol. The number of aromatic nitrogens is 6. The second kappa shape index (κ2) is 12.3. The second-order valence-corrected chi connectivity index (χ2v) is 13.7. The normalized spacial score (nSPS) is 17.6. The summed E-state index contributed by atoms with van der Waals surface area (Å²) < 4.78 is 6.34. The molecule has 2 saturated heterocycles. The zero-order valence-corrected chi connectivity index (χ0v) is 28.8. The van der Waals surface area contributed by atoms with Gasteiger partial charge in [0.15, 0.2) is 0 Å². The first-order valence-corrected chi connectivity index (χ1v) is 17.2. The molecular formula is C36H32Cl2N8O4. The van der Waals surface area contributed by atoms with Gasteiger partial charge >= 0.3 is 0 Å². The summed E-state index contributed by atoms with van der Waals surface area (Å²) in [6.07, 6.45) is 5.82. The van der Waals surface area contributed by atoms with Gasteiger partial charge in [-0.3, -0.25) is 28.3 Å². The van der Waals surface area contributed by atoms with Gasteiger partial charge in [0.2, 0.25) is 11.8 Å². The Morgan fingerprint density at radius 2 is 1.06 bits per heavy atom. The summed E-state index contributed by atoms with van der Waals surface area (Å²) in [7, 11) is 0. The van der Waals surface area contributed by atoms with E-state index in [1.54, 1.807) is 56.5 Å². The van der Waals surface area contributed by atoms with E-state index in [0.29, 0.717) is 105 Å². The Bertz CT molecular complexity index is 2340. The summed E-state index contributed by atoms with van der Waals surface area (Å²) in [6.45, 7) is 4.26. The lowest BCUT2D eigenvalue weighted by molar-refractivity contribution is -0.120. The smallest absolute Gasteiger partial charge is 0.277 e. The molecule has 2 aromatic carbocycles. The average Bonchev–Trinajstić information content (AvgIpc) is 3.89. The van der Waals surface area contributed by atoms with Crippen LogP contribution in [0, 0.1) is 13.8 Å². The number of benzene rings is 2. The number of carbonyl (C=O) groups excluding carboxylic acids is 2. The molecule has 6 aromatic rings. The summed E-state index contributed by atoms with van der Waals surface area (Å²) in [5.41, 5.74) is 4.63. The molecule has 14 heteroatoms. The zero-order valence-electron chi connectivity index (χ0n) is 27.2. The van der Waals surface area contributed by atoms with Crippen LogP contribution in [-0.2, 0) is 22.7 Å². The highest BCUT2D eigenvalue weighted by atomic mass is 35.5. The summed E-state index contributed by atoms with van der Waals surface area (Å²) >= 11 is 14.2. The van der Waals surface area contributed by atoms with Crippen LogP contribution in [0.15, 0.2) is 70.5 Å². The third kappa shape index (κ3) is 5.48. The molecule has 2 atom stereocenters. The van der Waals surface area contributed by atoms with Crippen LogP contribution in [0.5, 0.6) is 0 Å². The van der Waals surface area contributed by atoms with Gasteiger partial charge in [0.1, 0.15) is 22.7 Å². The summed E-state index contributed by atoms with van der Waals surface area (Å²) in [5.74, 6) is 1.07. The molecule has 4 aromatic heterocycles. The quantitative estimate of drug-likeness (QED) is 0.245. The van der Waals surface area contributed by atoms with Crippen molar-refractivity contribution in [2.75, 3.05) is 0 Å². The third-order valence-electron chi connectivity index (χ3n) is 9.70. The van der Waals surface area contributed by atoms with E-state index in [0.717, 1.165) is 0 Å². The molecule has 2 aliphatic heterocycles. The molecule has 254 valence electrons. The van der Waals surface area contributed by atoms with Gasteiger partial charge in [-0.05, 0) is 38.8 Å². The third-order valence-corrected chi connectivity index (χ3v) is 10.5. The molecule has 2 amide bonds. The molecule has 0 aliphatic carbocycles. The van der Waals surface area contributed by atoms with Gasteiger partial charge < -0.3 is 10.6 Å². The SMILES string of the molecule is Cc1nn2cc(-c3cccc(-c4cccc(-c5cc6c(=O)n(CC7CCC(=O)N7)c(C)nn6c5)c4Cl)c3Cl)cc2c(=O)n1CC1CCC(=O)N1. The number of nitrogens with one attached hydrogen (secondary N) is 2. The number of aryl methyl sites for hydroxylation is 2. The van der Waals surface area contributed by atoms with Crippen LogP contribution in [0.2, 0.25) is 10.0 Å². The predicted molar refractivity (Wildman–Crippen MR) is 191 cm³/mol. The van der Waals surface area contributed by atoms with Gasteiger partial charge in [0, 0.05) is 83.8 Å². The molecular weight excluding hydrogens is 679 g/mol. The van der Waals surface area contributed by atoms with Gasteiger partial charge in [-0.15, -0.1) is 0 Å². The van der Waals surface area contributed by atoms with E-state index in [9.17, 15) is 19.2 Å². The maximum atomic E-state index is 13.6. The number of halogens is 2. The Morgan fingerprint density at radius 1 is 0.660 bits per heavy atom. The number of fused-ring (bicyclic) bond motifs is 2. The first kappa shape index (κ1) is 32.0. The van der Waals surface area contributed by atoms with Gasteiger partial charge in [-0.25, -0.2) is 9.03 Å². The number of rotatable bonds is 7. The second-order valence-electron chi connectivity index (χ2n) is 13.0. The van der Waals surface area contributed by atoms with E-state index < -0.39 is 0 Å². The average molecular weight is 712 g/mol. The van der Waals surface area contributed by atoms with Gasteiger partial charge in [0.05, 0.1) is 10.0 Å². The molecule has 2 fully saturated rings. The summed E-state index contributed by atoms with van der Waals surface area (Å²) in [4.78, 5) is 50.6. The Morgan fingerprint density at radius 3 is 1.44 bits per heavy atom. The van der Waals surface area contributed by atoms with Crippen molar-refractivity contribution in [3.8, 4) is 33.4 Å². The highest BCUT2D eigenvalue weighted by Crippen LogP contribution is 2.42. The molecule has 2 N–H and O–H groups in total. The van der Waals surface area contributed by atoms with Crippen LogP contribution >= 0.6 is 23.2 Å². The van der Waals surface area contributed by atoms with E-state index in [1.807, 2.05) is 36.4 Å². The summed E-state index contributed by atoms with van der Waals surface area (Å²) in [5, 5.41) is 16.0. The fourth-order valence-electron chi connectivity index (χ4n) is 7.10. The highest BCUT2D eigenvalue weighted by molar-refractivity contribution is 6.39. The highest BCUT2D eigenvalue weighted by Gasteiger charge is 2.25. The number of carbonyl (C=O) groups is 2. The van der Waals surface area contributed by atoms with E-state index in [4.69, 9.17) is 23.2 Å². The maximum absolute atomic E-state index is 13.6. The predicted octanol–water partition coefficient (Wildman–Crippen LogP) is 4.79. The van der Waals surface area contributed by atoms with Crippen LogP contribution in [0.3, 0.4) is 0 Å². The molecule has 8 rings (SSSR count). The molecule has 0 bridgehead atoms. The van der Waals surface area contributed by atoms with Crippen molar-refractivity contribution in [1.82, 2.24) is 39.0 Å². The van der Waals surface area contributed by atoms with Gasteiger partial charge in [-0.1, -0.05) is 59.6 Å². The van der Waals surface area contributed by atoms with Crippen molar-refractivity contribution in [3.05, 3.63) is 103 Å². The van der Waals surface area contributed by atoms with Crippen molar-refractivity contribution in [1.29, 1.82) is 0 Å². The lowest BCUT2D eigenvalue weighted by atomic mass is 9.97. The van der Waals surface area contributed by atoms with Crippen molar-refractivity contribution in [2.24, 2.45) is 0 Å². The number of hydrogen-bond acceptors (Lipinski definition) is 6. The van der Waals surface area contributed by atoms with Crippen LogP contribution in [0.25, 0.3) is 44.4 Å². The molecule has 12 nitrogen and oxygen atoms in total. The van der Waals surface area contributed by atoms with E-state index >= 15 is 0 Å². The number of hydrogen-bond donors (Lipinski definition) is 2. The minimum absolute atomic E-state index is 0.00784. The van der Waals surface area contributed by atoms with Crippen LogP contribution in [0.4, 0.5) is 0 Å². The Hall–Kier alpha value is -5.20. The van der Waals surface area contributed by atoms with Crippen molar-refractivity contribution in [3.63, 3.8) is 0 Å². The molecule has 0 saturated carbocycles. The number of nitrogens with zero attached hydrogens (tertiary/aromatic N) is 6.